The monoisotopic (exact) mass is 471 g/mol. The Labute approximate surface area is 209 Å². The molecule has 1 aliphatic rings. The fourth-order valence-electron chi connectivity index (χ4n) is 4.58. The number of anilines is 2. The van der Waals surface area contributed by atoms with Gasteiger partial charge in [0, 0.05) is 49.5 Å². The van der Waals surface area contributed by atoms with E-state index < -0.39 is 0 Å². The molecular formula is C29H37N5O. The summed E-state index contributed by atoms with van der Waals surface area (Å²) in [6.07, 6.45) is 1.70. The lowest BCUT2D eigenvalue weighted by Crippen LogP contribution is -2.38. The molecule has 0 atom stereocenters. The summed E-state index contributed by atoms with van der Waals surface area (Å²) in [5, 5.41) is 3.07. The van der Waals surface area contributed by atoms with Gasteiger partial charge in [-0.25, -0.2) is 14.8 Å². The Morgan fingerprint density at radius 3 is 2.31 bits per heavy atom. The van der Waals surface area contributed by atoms with Crippen molar-refractivity contribution in [2.45, 2.75) is 53.4 Å². The molecule has 35 heavy (non-hydrogen) atoms. The van der Waals surface area contributed by atoms with E-state index in [1.165, 1.54) is 22.3 Å². The number of aromatic nitrogens is 2. The van der Waals surface area contributed by atoms with Gasteiger partial charge < -0.3 is 15.1 Å². The van der Waals surface area contributed by atoms with Crippen molar-refractivity contribution in [3.8, 4) is 0 Å². The Morgan fingerprint density at radius 2 is 1.63 bits per heavy atom. The number of hydrogen-bond acceptors (Lipinski definition) is 4. The van der Waals surface area contributed by atoms with E-state index in [9.17, 15) is 4.79 Å². The number of amides is 2. The van der Waals surface area contributed by atoms with Gasteiger partial charge in [-0.15, -0.1) is 0 Å². The molecule has 184 valence electrons. The van der Waals surface area contributed by atoms with Crippen molar-refractivity contribution in [3.63, 3.8) is 0 Å². The van der Waals surface area contributed by atoms with E-state index in [0.717, 1.165) is 55.5 Å². The second-order valence-corrected chi connectivity index (χ2v) is 9.86. The highest BCUT2D eigenvalue weighted by molar-refractivity contribution is 5.89. The second kappa shape index (κ2) is 10.9. The van der Waals surface area contributed by atoms with Gasteiger partial charge in [-0.1, -0.05) is 55.8 Å². The lowest BCUT2D eigenvalue weighted by Gasteiger charge is -2.26. The van der Waals surface area contributed by atoms with Crippen molar-refractivity contribution >= 4 is 17.5 Å². The Morgan fingerprint density at radius 1 is 0.914 bits per heavy atom. The molecule has 0 unspecified atom stereocenters. The van der Waals surface area contributed by atoms with Gasteiger partial charge in [0.25, 0.3) is 0 Å². The van der Waals surface area contributed by atoms with Crippen LogP contribution < -0.4 is 10.2 Å². The minimum Gasteiger partial charge on any atom is -0.354 e. The zero-order valence-corrected chi connectivity index (χ0v) is 21.6. The highest BCUT2D eigenvalue weighted by atomic mass is 16.2. The average Bonchev–Trinajstić information content (AvgIpc) is 3.09. The maximum Gasteiger partial charge on any atom is 0.321 e. The minimum absolute atomic E-state index is 0.0425. The molecule has 2 aromatic carbocycles. The highest BCUT2D eigenvalue weighted by Crippen LogP contribution is 2.26. The van der Waals surface area contributed by atoms with Gasteiger partial charge in [0.05, 0.1) is 0 Å². The molecule has 1 aromatic heterocycles. The fourth-order valence-corrected chi connectivity index (χ4v) is 4.58. The largest absolute Gasteiger partial charge is 0.354 e. The number of rotatable bonds is 5. The van der Waals surface area contributed by atoms with E-state index in [1.54, 1.807) is 0 Å². The number of benzene rings is 2. The zero-order valence-electron chi connectivity index (χ0n) is 21.6. The summed E-state index contributed by atoms with van der Waals surface area (Å²) in [6, 6.07) is 16.8. The maximum absolute atomic E-state index is 13.0. The van der Waals surface area contributed by atoms with Crippen molar-refractivity contribution in [3.05, 3.63) is 82.3 Å². The number of carbonyl (C=O) groups is 1. The summed E-state index contributed by atoms with van der Waals surface area (Å²) in [6.45, 7) is 13.5. The number of hydrogen-bond donors (Lipinski definition) is 1. The smallest absolute Gasteiger partial charge is 0.321 e. The van der Waals surface area contributed by atoms with Gasteiger partial charge in [-0.2, -0.15) is 0 Å². The first-order chi connectivity index (χ1) is 16.8. The molecule has 0 radical (unpaired) electrons. The van der Waals surface area contributed by atoms with Gasteiger partial charge in [-0.05, 0) is 56.4 Å². The normalized spacial score (nSPS) is 14.2. The van der Waals surface area contributed by atoms with Crippen molar-refractivity contribution < 1.29 is 4.79 Å². The minimum atomic E-state index is -0.0425. The van der Waals surface area contributed by atoms with Crippen LogP contribution >= 0.6 is 0 Å². The summed E-state index contributed by atoms with van der Waals surface area (Å²) in [5.74, 6) is 2.26. The Balaban J connectivity index is 1.46. The lowest BCUT2D eigenvalue weighted by molar-refractivity contribution is 0.215. The van der Waals surface area contributed by atoms with Crippen molar-refractivity contribution in [1.29, 1.82) is 0 Å². The molecule has 2 amide bonds. The third-order valence-electron chi connectivity index (χ3n) is 6.72. The van der Waals surface area contributed by atoms with E-state index in [1.807, 2.05) is 24.0 Å². The summed E-state index contributed by atoms with van der Waals surface area (Å²) < 4.78 is 0. The molecule has 0 saturated carbocycles. The summed E-state index contributed by atoms with van der Waals surface area (Å²) in [4.78, 5) is 26.8. The standard InChI is InChI=1S/C29H37N5O/c1-20(2)25-11-13-26(14-12-25)32-29(35)34-16-6-15-33(17-18-34)28-27(22(4)30-23(5)31-28)19-24-9-7-21(3)8-10-24/h7-14,20H,6,15-19H2,1-5H3,(H,32,35). The Kier molecular flexibility index (Phi) is 7.69. The second-order valence-electron chi connectivity index (χ2n) is 9.86. The van der Waals surface area contributed by atoms with Crippen LogP contribution in [-0.2, 0) is 6.42 Å². The van der Waals surface area contributed by atoms with E-state index >= 15 is 0 Å². The number of carbonyl (C=O) groups excluding carboxylic acids is 1. The van der Waals surface area contributed by atoms with E-state index in [-0.39, 0.29) is 6.03 Å². The maximum atomic E-state index is 13.0. The molecule has 1 fully saturated rings. The topological polar surface area (TPSA) is 61.4 Å². The van der Waals surface area contributed by atoms with Crippen molar-refractivity contribution in [1.82, 2.24) is 14.9 Å². The fraction of sp³-hybridized carbons (Fsp3) is 0.414. The molecule has 1 N–H and O–H groups in total. The molecule has 1 saturated heterocycles. The van der Waals surface area contributed by atoms with Gasteiger partial charge in [0.2, 0.25) is 0 Å². The van der Waals surface area contributed by atoms with E-state index in [4.69, 9.17) is 4.98 Å². The van der Waals surface area contributed by atoms with Crippen molar-refractivity contribution in [2.75, 3.05) is 36.4 Å². The first-order valence-electron chi connectivity index (χ1n) is 12.6. The number of aryl methyl sites for hydroxylation is 3. The van der Waals surface area contributed by atoms with Crippen LogP contribution in [0.25, 0.3) is 0 Å². The SMILES string of the molecule is Cc1ccc(Cc2c(C)nc(C)nc2N2CCCN(C(=O)Nc3ccc(C(C)C)cc3)CC2)cc1. The van der Waals surface area contributed by atoms with Crippen LogP contribution in [0.1, 0.15) is 60.0 Å². The van der Waals surface area contributed by atoms with Crippen LogP contribution in [0.3, 0.4) is 0 Å². The quantitative estimate of drug-likeness (QED) is 0.506. The third-order valence-corrected chi connectivity index (χ3v) is 6.72. The molecule has 0 bridgehead atoms. The van der Waals surface area contributed by atoms with Crippen LogP contribution in [0.4, 0.5) is 16.3 Å². The number of nitrogens with one attached hydrogen (secondary N) is 1. The van der Waals surface area contributed by atoms with E-state index in [0.29, 0.717) is 12.5 Å². The van der Waals surface area contributed by atoms with Gasteiger partial charge in [0.1, 0.15) is 11.6 Å². The molecule has 4 rings (SSSR count). The molecule has 6 nitrogen and oxygen atoms in total. The molecule has 1 aliphatic heterocycles. The van der Waals surface area contributed by atoms with Gasteiger partial charge >= 0.3 is 6.03 Å². The predicted octanol–water partition coefficient (Wildman–Crippen LogP) is 5.86. The van der Waals surface area contributed by atoms with Crippen LogP contribution in [-0.4, -0.2) is 47.1 Å². The summed E-state index contributed by atoms with van der Waals surface area (Å²) in [7, 11) is 0. The van der Waals surface area contributed by atoms with Crippen LogP contribution in [0, 0.1) is 20.8 Å². The average molecular weight is 472 g/mol. The first kappa shape index (κ1) is 24.7. The summed E-state index contributed by atoms with van der Waals surface area (Å²) >= 11 is 0. The van der Waals surface area contributed by atoms with Crippen LogP contribution in [0.5, 0.6) is 0 Å². The van der Waals surface area contributed by atoms with Crippen molar-refractivity contribution in [2.24, 2.45) is 0 Å². The number of urea groups is 1. The molecule has 0 aliphatic carbocycles. The van der Waals surface area contributed by atoms with Gasteiger partial charge in [0.15, 0.2) is 0 Å². The summed E-state index contributed by atoms with van der Waals surface area (Å²) in [5.41, 5.74) is 6.81. The Bertz CT molecular complexity index is 1150. The third kappa shape index (κ3) is 6.18. The van der Waals surface area contributed by atoms with E-state index in [2.05, 4.69) is 79.3 Å². The lowest BCUT2D eigenvalue weighted by atomic mass is 10.0. The highest BCUT2D eigenvalue weighted by Gasteiger charge is 2.23. The molecule has 2 heterocycles. The molecule has 0 spiro atoms. The van der Waals surface area contributed by atoms with Gasteiger partial charge in [-0.3, -0.25) is 0 Å². The molecular weight excluding hydrogens is 434 g/mol. The molecule has 6 heteroatoms. The zero-order chi connectivity index (χ0) is 24.9. The first-order valence-corrected chi connectivity index (χ1v) is 12.6. The predicted molar refractivity (Wildman–Crippen MR) is 143 cm³/mol. The van der Waals surface area contributed by atoms with Crippen LogP contribution in [0.2, 0.25) is 0 Å². The number of nitrogens with zero attached hydrogens (tertiary/aromatic N) is 4. The Hall–Kier alpha value is -3.41. The van der Waals surface area contributed by atoms with Crippen LogP contribution in [0.15, 0.2) is 48.5 Å². The molecule has 3 aromatic rings.